The van der Waals surface area contributed by atoms with Crippen molar-refractivity contribution >= 4 is 0 Å². The maximum absolute atomic E-state index is 9.71. The van der Waals surface area contributed by atoms with E-state index in [4.69, 9.17) is 4.74 Å². The van der Waals surface area contributed by atoms with Gasteiger partial charge in [0.1, 0.15) is 0 Å². The van der Waals surface area contributed by atoms with Gasteiger partial charge in [-0.05, 0) is 55.8 Å². The fraction of sp³-hybridized carbons (Fsp3) is 0.857. The van der Waals surface area contributed by atoms with Gasteiger partial charge in [0, 0.05) is 12.0 Å². The van der Waals surface area contributed by atoms with Crippen molar-refractivity contribution in [3.05, 3.63) is 12.8 Å². The number of aliphatic hydroxyl groups excluding tert-OH is 1. The van der Waals surface area contributed by atoms with Crippen molar-refractivity contribution in [2.24, 2.45) is 22.7 Å². The van der Waals surface area contributed by atoms with Crippen molar-refractivity contribution in [3.63, 3.8) is 0 Å². The molecule has 0 aromatic carbocycles. The Kier molecular flexibility index (Phi) is 2.32. The van der Waals surface area contributed by atoms with Gasteiger partial charge in [0.25, 0.3) is 0 Å². The predicted octanol–water partition coefficient (Wildman–Crippen LogP) is 2.73. The Morgan fingerprint density at radius 3 is 2.38 bits per heavy atom. The second kappa shape index (κ2) is 3.49. The molecule has 2 nitrogen and oxygen atoms in total. The van der Waals surface area contributed by atoms with E-state index in [2.05, 4.69) is 6.58 Å². The van der Waals surface area contributed by atoms with Gasteiger partial charge in [-0.3, -0.25) is 0 Å². The van der Waals surface area contributed by atoms with Crippen molar-refractivity contribution in [1.29, 1.82) is 0 Å². The Hall–Kier alpha value is -0.500. The van der Waals surface area contributed by atoms with E-state index in [0.29, 0.717) is 12.0 Å². The fourth-order valence-electron chi connectivity index (χ4n) is 5.24. The van der Waals surface area contributed by atoms with Crippen LogP contribution in [0.2, 0.25) is 0 Å². The Balaban J connectivity index is 1.83. The molecular formula is C14H22O2. The molecule has 16 heavy (non-hydrogen) atoms. The van der Waals surface area contributed by atoms with Crippen molar-refractivity contribution in [2.45, 2.75) is 38.5 Å². The van der Waals surface area contributed by atoms with Crippen molar-refractivity contribution in [1.82, 2.24) is 0 Å². The fourth-order valence-corrected chi connectivity index (χ4v) is 5.24. The molecule has 0 spiro atoms. The van der Waals surface area contributed by atoms with Crippen LogP contribution in [0.3, 0.4) is 0 Å². The summed E-state index contributed by atoms with van der Waals surface area (Å²) in [6.07, 6.45) is 9.31. The van der Waals surface area contributed by atoms with Gasteiger partial charge in [-0.15, -0.1) is 0 Å². The highest BCUT2D eigenvalue weighted by molar-refractivity contribution is 5.07. The first kappa shape index (κ1) is 10.6. The van der Waals surface area contributed by atoms with Gasteiger partial charge >= 0.3 is 0 Å². The molecule has 2 heteroatoms. The highest BCUT2D eigenvalue weighted by atomic mass is 16.5. The monoisotopic (exact) mass is 222 g/mol. The minimum atomic E-state index is 0.245. The Labute approximate surface area is 97.7 Å². The van der Waals surface area contributed by atoms with Gasteiger partial charge in [0.05, 0.1) is 12.9 Å². The van der Waals surface area contributed by atoms with Crippen LogP contribution in [0.1, 0.15) is 38.5 Å². The summed E-state index contributed by atoms with van der Waals surface area (Å²) >= 11 is 0. The van der Waals surface area contributed by atoms with Crippen LogP contribution in [0, 0.1) is 22.7 Å². The quantitative estimate of drug-likeness (QED) is 0.741. The van der Waals surface area contributed by atoms with Crippen LogP contribution < -0.4 is 0 Å². The zero-order valence-electron chi connectivity index (χ0n) is 9.95. The highest BCUT2D eigenvalue weighted by Crippen LogP contribution is 2.65. The van der Waals surface area contributed by atoms with Gasteiger partial charge in [0.2, 0.25) is 0 Å². The van der Waals surface area contributed by atoms with Gasteiger partial charge in [-0.1, -0.05) is 6.58 Å². The molecule has 4 aliphatic carbocycles. The second-order valence-electron chi connectivity index (χ2n) is 6.60. The molecule has 4 rings (SSSR count). The molecule has 2 atom stereocenters. The molecule has 90 valence electrons. The SMILES string of the molecule is C=COCC12CC3CC(CC(CO)(C3)C1)C2. The maximum atomic E-state index is 9.71. The summed E-state index contributed by atoms with van der Waals surface area (Å²) in [7, 11) is 0. The summed E-state index contributed by atoms with van der Waals surface area (Å²) in [4.78, 5) is 0. The van der Waals surface area contributed by atoms with E-state index in [-0.39, 0.29) is 5.41 Å². The first-order valence-electron chi connectivity index (χ1n) is 6.53. The lowest BCUT2D eigenvalue weighted by atomic mass is 9.44. The highest BCUT2D eigenvalue weighted by Gasteiger charge is 2.57. The van der Waals surface area contributed by atoms with Crippen LogP contribution in [-0.4, -0.2) is 18.3 Å². The number of rotatable bonds is 4. The third kappa shape index (κ3) is 1.50. The predicted molar refractivity (Wildman–Crippen MR) is 62.8 cm³/mol. The molecule has 1 N–H and O–H groups in total. The van der Waals surface area contributed by atoms with Gasteiger partial charge in [0.15, 0.2) is 0 Å². The molecule has 4 bridgehead atoms. The summed E-state index contributed by atoms with van der Waals surface area (Å²) in [6.45, 7) is 4.85. The van der Waals surface area contributed by atoms with E-state index in [9.17, 15) is 5.11 Å². The summed E-state index contributed by atoms with van der Waals surface area (Å²) in [6, 6.07) is 0. The Morgan fingerprint density at radius 2 is 1.81 bits per heavy atom. The third-order valence-electron chi connectivity index (χ3n) is 5.15. The van der Waals surface area contributed by atoms with Gasteiger partial charge < -0.3 is 9.84 Å². The summed E-state index contributed by atoms with van der Waals surface area (Å²) in [5.74, 6) is 1.70. The standard InChI is InChI=1S/C14H22O2/c1-2-16-10-14-6-11-3-12(7-14)5-13(4-11,8-14)9-15/h2,11-12,15H,1,3-10H2. The molecule has 4 fully saturated rings. The summed E-state index contributed by atoms with van der Waals surface area (Å²) in [5, 5.41) is 9.71. The van der Waals surface area contributed by atoms with Crippen LogP contribution in [0.15, 0.2) is 12.8 Å². The minimum Gasteiger partial charge on any atom is -0.501 e. The average molecular weight is 222 g/mol. The molecule has 4 saturated carbocycles. The zero-order valence-corrected chi connectivity index (χ0v) is 9.95. The van der Waals surface area contributed by atoms with E-state index in [1.54, 1.807) is 6.26 Å². The Morgan fingerprint density at radius 1 is 1.19 bits per heavy atom. The topological polar surface area (TPSA) is 29.5 Å². The molecular weight excluding hydrogens is 200 g/mol. The number of hydrogen-bond donors (Lipinski definition) is 1. The van der Waals surface area contributed by atoms with Gasteiger partial charge in [-0.25, -0.2) is 0 Å². The van der Waals surface area contributed by atoms with Crippen molar-refractivity contribution in [3.8, 4) is 0 Å². The van der Waals surface area contributed by atoms with E-state index in [0.717, 1.165) is 18.4 Å². The molecule has 4 aliphatic rings. The zero-order chi connectivity index (χ0) is 11.2. The maximum Gasteiger partial charge on any atom is 0.0929 e. The van der Waals surface area contributed by atoms with Crippen molar-refractivity contribution < 1.29 is 9.84 Å². The lowest BCUT2D eigenvalue weighted by molar-refractivity contribution is -0.145. The van der Waals surface area contributed by atoms with E-state index in [1.807, 2.05) is 0 Å². The third-order valence-corrected chi connectivity index (χ3v) is 5.15. The first-order chi connectivity index (χ1) is 7.69. The number of aliphatic hydroxyl groups is 1. The smallest absolute Gasteiger partial charge is 0.0929 e. The van der Waals surface area contributed by atoms with E-state index in [1.165, 1.54) is 38.5 Å². The molecule has 0 saturated heterocycles. The largest absolute Gasteiger partial charge is 0.501 e. The number of hydrogen-bond acceptors (Lipinski definition) is 2. The molecule has 0 aromatic heterocycles. The van der Waals surface area contributed by atoms with Crippen LogP contribution in [-0.2, 0) is 4.74 Å². The van der Waals surface area contributed by atoms with Crippen LogP contribution >= 0.6 is 0 Å². The molecule has 0 radical (unpaired) electrons. The van der Waals surface area contributed by atoms with Crippen LogP contribution in [0.25, 0.3) is 0 Å². The van der Waals surface area contributed by atoms with Crippen LogP contribution in [0.4, 0.5) is 0 Å². The normalized spacial score (nSPS) is 49.3. The number of ether oxygens (including phenoxy) is 1. The molecule has 0 heterocycles. The molecule has 0 aliphatic heterocycles. The average Bonchev–Trinajstić information content (AvgIpc) is 2.25. The van der Waals surface area contributed by atoms with Gasteiger partial charge in [-0.2, -0.15) is 0 Å². The Bertz CT molecular complexity index is 283. The minimum absolute atomic E-state index is 0.245. The van der Waals surface area contributed by atoms with Crippen LogP contribution in [0.5, 0.6) is 0 Å². The first-order valence-corrected chi connectivity index (χ1v) is 6.53. The van der Waals surface area contributed by atoms with E-state index < -0.39 is 0 Å². The summed E-state index contributed by atoms with van der Waals surface area (Å²) < 4.78 is 5.49. The summed E-state index contributed by atoms with van der Waals surface area (Å²) in [5.41, 5.74) is 0.607. The molecule has 0 amide bonds. The molecule has 0 aromatic rings. The molecule has 2 unspecified atom stereocenters. The lowest BCUT2D eigenvalue weighted by Gasteiger charge is -2.61. The van der Waals surface area contributed by atoms with Crippen molar-refractivity contribution in [2.75, 3.05) is 13.2 Å². The van der Waals surface area contributed by atoms with E-state index >= 15 is 0 Å². The second-order valence-corrected chi connectivity index (χ2v) is 6.60. The lowest BCUT2D eigenvalue weighted by Crippen LogP contribution is -2.54.